The van der Waals surface area contributed by atoms with Gasteiger partial charge in [0.15, 0.2) is 5.82 Å². The molecule has 1 aliphatic carbocycles. The van der Waals surface area contributed by atoms with Crippen molar-refractivity contribution in [3.05, 3.63) is 11.6 Å². The van der Waals surface area contributed by atoms with E-state index in [1.54, 1.807) is 0 Å². The van der Waals surface area contributed by atoms with Crippen molar-refractivity contribution in [1.29, 1.82) is 0 Å². The first-order chi connectivity index (χ1) is 10.8. The SMILES string of the molecule is CCc1nc2n(n1)CCC[C@@H]2NC(=O)NCCOCC1CC1. The molecule has 0 bridgehead atoms. The highest BCUT2D eigenvalue weighted by atomic mass is 16.5. The second kappa shape index (κ2) is 7.09. The summed E-state index contributed by atoms with van der Waals surface area (Å²) in [5.41, 5.74) is 0. The molecule has 7 heteroatoms. The predicted octanol–water partition coefficient (Wildman–Crippen LogP) is 1.40. The van der Waals surface area contributed by atoms with Crippen molar-refractivity contribution in [1.82, 2.24) is 25.4 Å². The van der Waals surface area contributed by atoms with E-state index < -0.39 is 0 Å². The lowest BCUT2D eigenvalue weighted by molar-refractivity contribution is 0.126. The first-order valence-electron chi connectivity index (χ1n) is 8.32. The molecule has 0 aromatic carbocycles. The van der Waals surface area contributed by atoms with Gasteiger partial charge in [0.1, 0.15) is 5.82 Å². The fraction of sp³-hybridized carbons (Fsp3) is 0.800. The van der Waals surface area contributed by atoms with Crippen molar-refractivity contribution in [3.63, 3.8) is 0 Å². The van der Waals surface area contributed by atoms with Gasteiger partial charge in [-0.1, -0.05) is 6.92 Å². The van der Waals surface area contributed by atoms with Gasteiger partial charge in [-0.25, -0.2) is 14.5 Å². The van der Waals surface area contributed by atoms with E-state index >= 15 is 0 Å². The number of urea groups is 1. The zero-order valence-corrected chi connectivity index (χ0v) is 13.2. The highest BCUT2D eigenvalue weighted by molar-refractivity contribution is 5.74. The van der Waals surface area contributed by atoms with Crippen molar-refractivity contribution in [2.75, 3.05) is 19.8 Å². The van der Waals surface area contributed by atoms with Crippen LogP contribution in [0.15, 0.2) is 0 Å². The molecule has 1 fully saturated rings. The van der Waals surface area contributed by atoms with Crippen LogP contribution >= 0.6 is 0 Å². The van der Waals surface area contributed by atoms with Crippen LogP contribution in [-0.4, -0.2) is 40.6 Å². The summed E-state index contributed by atoms with van der Waals surface area (Å²) in [6.07, 6.45) is 5.31. The third-order valence-electron chi connectivity index (χ3n) is 4.12. The van der Waals surface area contributed by atoms with Gasteiger partial charge in [0.2, 0.25) is 0 Å². The third-order valence-corrected chi connectivity index (χ3v) is 4.12. The van der Waals surface area contributed by atoms with Crippen LogP contribution in [0, 0.1) is 5.92 Å². The average Bonchev–Trinajstić information content (AvgIpc) is 3.23. The van der Waals surface area contributed by atoms with Crippen LogP contribution in [0.4, 0.5) is 4.79 Å². The van der Waals surface area contributed by atoms with E-state index in [2.05, 4.69) is 20.7 Å². The Morgan fingerprint density at radius 1 is 1.41 bits per heavy atom. The number of hydrogen-bond donors (Lipinski definition) is 2. The third kappa shape index (κ3) is 3.97. The maximum Gasteiger partial charge on any atom is 0.315 e. The van der Waals surface area contributed by atoms with Crippen molar-refractivity contribution in [2.24, 2.45) is 5.92 Å². The van der Waals surface area contributed by atoms with E-state index in [4.69, 9.17) is 4.74 Å². The van der Waals surface area contributed by atoms with Gasteiger partial charge in [0, 0.05) is 26.1 Å². The Kier molecular flexibility index (Phi) is 4.92. The normalized spacial score (nSPS) is 20.5. The van der Waals surface area contributed by atoms with E-state index in [-0.39, 0.29) is 12.1 Å². The Bertz CT molecular complexity index is 512. The van der Waals surface area contributed by atoms with Crippen LogP contribution in [0.5, 0.6) is 0 Å². The highest BCUT2D eigenvalue weighted by Crippen LogP contribution is 2.28. The number of nitrogens with one attached hydrogen (secondary N) is 2. The number of fused-ring (bicyclic) bond motifs is 1. The molecule has 1 aliphatic heterocycles. The fourth-order valence-electron chi connectivity index (χ4n) is 2.67. The zero-order chi connectivity index (χ0) is 15.4. The summed E-state index contributed by atoms with van der Waals surface area (Å²) in [5.74, 6) is 2.48. The van der Waals surface area contributed by atoms with Crippen LogP contribution in [-0.2, 0) is 17.7 Å². The number of ether oxygens (including phenoxy) is 1. The van der Waals surface area contributed by atoms with E-state index in [9.17, 15) is 4.79 Å². The molecule has 3 rings (SSSR count). The molecule has 2 N–H and O–H groups in total. The van der Waals surface area contributed by atoms with Crippen LogP contribution in [0.1, 0.15) is 50.3 Å². The Balaban J connectivity index is 1.42. The van der Waals surface area contributed by atoms with E-state index in [1.807, 2.05) is 11.6 Å². The molecule has 2 amide bonds. The molecule has 1 saturated carbocycles. The van der Waals surface area contributed by atoms with Gasteiger partial charge < -0.3 is 15.4 Å². The molecular weight excluding hydrogens is 282 g/mol. The second-order valence-corrected chi connectivity index (χ2v) is 6.08. The molecule has 122 valence electrons. The summed E-state index contributed by atoms with van der Waals surface area (Å²) >= 11 is 0. The van der Waals surface area contributed by atoms with Gasteiger partial charge in [-0.15, -0.1) is 0 Å². The first kappa shape index (κ1) is 15.3. The predicted molar refractivity (Wildman–Crippen MR) is 81.5 cm³/mol. The molecule has 2 aliphatic rings. The van der Waals surface area contributed by atoms with Crippen molar-refractivity contribution in [3.8, 4) is 0 Å². The van der Waals surface area contributed by atoms with E-state index in [0.29, 0.717) is 13.2 Å². The molecule has 7 nitrogen and oxygen atoms in total. The number of carbonyl (C=O) groups excluding carboxylic acids is 1. The molecule has 1 aromatic rings. The van der Waals surface area contributed by atoms with Gasteiger partial charge in [-0.2, -0.15) is 5.10 Å². The Morgan fingerprint density at radius 3 is 3.05 bits per heavy atom. The minimum atomic E-state index is -0.158. The quantitative estimate of drug-likeness (QED) is 0.746. The Morgan fingerprint density at radius 2 is 2.27 bits per heavy atom. The van der Waals surface area contributed by atoms with Gasteiger partial charge in [-0.3, -0.25) is 0 Å². The molecule has 1 aromatic heterocycles. The number of rotatable bonds is 7. The summed E-state index contributed by atoms with van der Waals surface area (Å²) in [6.45, 7) is 4.87. The Hall–Kier alpha value is -1.63. The number of amides is 2. The minimum Gasteiger partial charge on any atom is -0.379 e. The van der Waals surface area contributed by atoms with Crippen molar-refractivity contribution in [2.45, 2.75) is 51.6 Å². The molecule has 0 saturated heterocycles. The van der Waals surface area contributed by atoms with Gasteiger partial charge in [0.25, 0.3) is 0 Å². The highest BCUT2D eigenvalue weighted by Gasteiger charge is 2.25. The maximum atomic E-state index is 12.0. The molecule has 0 spiro atoms. The van der Waals surface area contributed by atoms with E-state index in [0.717, 1.165) is 50.0 Å². The van der Waals surface area contributed by atoms with Gasteiger partial charge in [-0.05, 0) is 31.6 Å². The molecule has 22 heavy (non-hydrogen) atoms. The monoisotopic (exact) mass is 307 g/mol. The topological polar surface area (TPSA) is 81.1 Å². The van der Waals surface area contributed by atoms with Gasteiger partial charge >= 0.3 is 6.03 Å². The summed E-state index contributed by atoms with van der Waals surface area (Å²) in [5, 5.41) is 10.3. The molecule has 2 heterocycles. The smallest absolute Gasteiger partial charge is 0.315 e. The van der Waals surface area contributed by atoms with E-state index in [1.165, 1.54) is 12.8 Å². The van der Waals surface area contributed by atoms with Crippen LogP contribution in [0.25, 0.3) is 0 Å². The Labute approximate surface area is 130 Å². The number of aromatic nitrogens is 3. The standard InChI is InChI=1S/C15H25N5O2/c1-2-13-18-14-12(4-3-8-20(14)19-13)17-15(21)16-7-9-22-10-11-5-6-11/h11-12H,2-10H2,1H3,(H2,16,17,21)/t12-/m0/s1. The minimum absolute atomic E-state index is 0.0473. The van der Waals surface area contributed by atoms with Crippen molar-refractivity contribution < 1.29 is 9.53 Å². The number of nitrogens with zero attached hydrogens (tertiary/aromatic N) is 3. The molecular formula is C15H25N5O2. The lowest BCUT2D eigenvalue weighted by Gasteiger charge is -2.23. The number of carbonyl (C=O) groups is 1. The summed E-state index contributed by atoms with van der Waals surface area (Å²) < 4.78 is 7.43. The molecule has 0 unspecified atom stereocenters. The average molecular weight is 307 g/mol. The first-order valence-corrected chi connectivity index (χ1v) is 8.32. The number of aryl methyl sites for hydroxylation is 2. The second-order valence-electron chi connectivity index (χ2n) is 6.08. The molecule has 1 atom stereocenters. The summed E-state index contributed by atoms with van der Waals surface area (Å²) in [6, 6.07) is -0.205. The van der Waals surface area contributed by atoms with Crippen LogP contribution in [0.3, 0.4) is 0 Å². The van der Waals surface area contributed by atoms with Crippen LogP contribution in [0.2, 0.25) is 0 Å². The summed E-state index contributed by atoms with van der Waals surface area (Å²) in [4.78, 5) is 16.5. The lowest BCUT2D eigenvalue weighted by Crippen LogP contribution is -2.41. The zero-order valence-electron chi connectivity index (χ0n) is 13.2. The lowest BCUT2D eigenvalue weighted by atomic mass is 10.1. The van der Waals surface area contributed by atoms with Crippen molar-refractivity contribution >= 4 is 6.03 Å². The summed E-state index contributed by atoms with van der Waals surface area (Å²) in [7, 11) is 0. The number of hydrogen-bond acceptors (Lipinski definition) is 4. The van der Waals surface area contributed by atoms with Gasteiger partial charge in [0.05, 0.1) is 12.6 Å². The van der Waals surface area contributed by atoms with Crippen LogP contribution < -0.4 is 10.6 Å². The largest absolute Gasteiger partial charge is 0.379 e. The maximum absolute atomic E-state index is 12.0. The fourth-order valence-corrected chi connectivity index (χ4v) is 2.67. The molecule has 0 radical (unpaired) electrons.